The summed E-state index contributed by atoms with van der Waals surface area (Å²) in [4.78, 5) is 16.6. The zero-order valence-corrected chi connectivity index (χ0v) is 17.7. The molecule has 0 saturated carbocycles. The second-order valence-corrected chi connectivity index (χ2v) is 7.43. The summed E-state index contributed by atoms with van der Waals surface area (Å²) in [6, 6.07) is 6.79. The number of carbonyl (C=O) groups excluding carboxylic acids is 1. The normalized spacial score (nSPS) is 13.0. The number of anilines is 1. The van der Waals surface area contributed by atoms with E-state index in [1.165, 1.54) is 25.4 Å². The molecule has 13 heteroatoms. The topological polar surface area (TPSA) is 85.8 Å². The van der Waals surface area contributed by atoms with Crippen molar-refractivity contribution in [2.75, 3.05) is 5.32 Å². The Kier molecular flexibility index (Phi) is 6.09. The lowest BCUT2D eigenvalue weighted by Crippen LogP contribution is -2.17. The van der Waals surface area contributed by atoms with E-state index < -0.39 is 41.0 Å². The van der Waals surface area contributed by atoms with Crippen LogP contribution in [0.2, 0.25) is 0 Å². The highest BCUT2D eigenvalue weighted by molar-refractivity contribution is 6.02. The van der Waals surface area contributed by atoms with Gasteiger partial charge in [-0.25, -0.2) is 0 Å². The van der Waals surface area contributed by atoms with Gasteiger partial charge in [0.15, 0.2) is 0 Å². The van der Waals surface area contributed by atoms with Gasteiger partial charge in [0, 0.05) is 18.5 Å². The van der Waals surface area contributed by atoms with Crippen molar-refractivity contribution in [1.29, 1.82) is 0 Å². The Morgan fingerprint density at radius 3 is 2.46 bits per heavy atom. The van der Waals surface area contributed by atoms with Crippen molar-refractivity contribution in [3.8, 4) is 11.4 Å². The maximum Gasteiger partial charge on any atom is 0.416 e. The number of hydrogen-bond acceptors (Lipinski definition) is 5. The molecule has 35 heavy (non-hydrogen) atoms. The zero-order valence-electron chi connectivity index (χ0n) is 17.7. The van der Waals surface area contributed by atoms with E-state index in [4.69, 9.17) is 4.52 Å². The van der Waals surface area contributed by atoms with Gasteiger partial charge in [-0.2, -0.15) is 31.4 Å². The van der Waals surface area contributed by atoms with Crippen LogP contribution in [0.3, 0.4) is 0 Å². The summed E-state index contributed by atoms with van der Waals surface area (Å²) in [5.41, 5.74) is -2.33. The lowest BCUT2D eigenvalue weighted by Gasteiger charge is -2.20. The fourth-order valence-electron chi connectivity index (χ4n) is 3.31. The summed E-state index contributed by atoms with van der Waals surface area (Å²) in [5, 5.41) is 10.2. The van der Waals surface area contributed by atoms with Crippen LogP contribution < -0.4 is 5.32 Å². The molecule has 7 nitrogen and oxygen atoms in total. The molecule has 1 N–H and O–H groups in total. The van der Waals surface area contributed by atoms with E-state index in [1.807, 2.05) is 0 Å². The summed E-state index contributed by atoms with van der Waals surface area (Å²) in [6.07, 6.45) is -5.98. The van der Waals surface area contributed by atoms with Crippen molar-refractivity contribution >= 4 is 11.6 Å². The lowest BCUT2D eigenvalue weighted by molar-refractivity contribution is -0.143. The number of hydrogen-bond donors (Lipinski definition) is 1. The molecule has 0 unspecified atom stereocenters. The number of alkyl halides is 6. The molecule has 0 bridgehead atoms. The molecule has 0 aliphatic carbocycles. The minimum atomic E-state index is -5.02. The minimum absolute atomic E-state index is 0.0705. The monoisotopic (exact) mass is 495 g/mol. The lowest BCUT2D eigenvalue weighted by atomic mass is 9.98. The largest absolute Gasteiger partial charge is 0.416 e. The first kappa shape index (κ1) is 24.0. The molecule has 4 rings (SSSR count). The summed E-state index contributed by atoms with van der Waals surface area (Å²) in [7, 11) is 0. The summed E-state index contributed by atoms with van der Waals surface area (Å²) in [6.45, 7) is 1.34. The van der Waals surface area contributed by atoms with E-state index >= 15 is 0 Å². The molecule has 3 aromatic heterocycles. The molecule has 0 aliphatic rings. The fraction of sp³-hybridized carbons (Fsp3) is 0.182. The maximum absolute atomic E-state index is 13.5. The number of nitrogens with one attached hydrogen (secondary N) is 1. The second-order valence-electron chi connectivity index (χ2n) is 7.43. The minimum Gasteiger partial charge on any atom is -0.350 e. The highest BCUT2D eigenvalue weighted by atomic mass is 19.4. The van der Waals surface area contributed by atoms with E-state index in [1.54, 1.807) is 24.4 Å². The molecule has 0 saturated heterocycles. The standard InChI is InChI=1S/C22H15F6N5O2/c1-12(15-6-5-13(21(23,24)25)8-16(15)22(26,27)28)33-11-14(10-30-33)31-20(34)19-9-18(32-35-19)17-4-2-3-7-29-17/h2-12H,1H3,(H,31,34)/t12-/m1/s1. The van der Waals surface area contributed by atoms with Gasteiger partial charge in [-0.15, -0.1) is 0 Å². The molecule has 182 valence electrons. The number of aromatic nitrogens is 4. The Labute approximate surface area is 193 Å². The molecule has 1 atom stereocenters. The van der Waals surface area contributed by atoms with E-state index in [0.29, 0.717) is 17.5 Å². The summed E-state index contributed by atoms with van der Waals surface area (Å²) >= 11 is 0. The molecule has 3 heterocycles. The average Bonchev–Trinajstić information content (AvgIpc) is 3.48. The number of halogens is 6. The summed E-state index contributed by atoms with van der Waals surface area (Å²) < 4.78 is 85.4. The number of amides is 1. The Hall–Kier alpha value is -4.16. The fourth-order valence-corrected chi connectivity index (χ4v) is 3.31. The third-order valence-corrected chi connectivity index (χ3v) is 5.05. The van der Waals surface area contributed by atoms with Crippen LogP contribution in [-0.2, 0) is 12.4 Å². The smallest absolute Gasteiger partial charge is 0.350 e. The highest BCUT2D eigenvalue weighted by Gasteiger charge is 2.39. The van der Waals surface area contributed by atoms with Crippen LogP contribution in [0, 0.1) is 0 Å². The Morgan fingerprint density at radius 2 is 1.80 bits per heavy atom. The van der Waals surface area contributed by atoms with Gasteiger partial charge in [-0.1, -0.05) is 17.3 Å². The predicted molar refractivity (Wildman–Crippen MR) is 110 cm³/mol. The third-order valence-electron chi connectivity index (χ3n) is 5.05. The van der Waals surface area contributed by atoms with Crippen molar-refractivity contribution in [1.82, 2.24) is 19.9 Å². The zero-order chi connectivity index (χ0) is 25.4. The van der Waals surface area contributed by atoms with Gasteiger partial charge in [0.05, 0.1) is 34.7 Å². The molecular weight excluding hydrogens is 480 g/mol. The molecule has 4 aromatic rings. The van der Waals surface area contributed by atoms with E-state index in [-0.39, 0.29) is 17.5 Å². The van der Waals surface area contributed by atoms with Gasteiger partial charge < -0.3 is 9.84 Å². The first-order chi connectivity index (χ1) is 16.4. The van der Waals surface area contributed by atoms with Gasteiger partial charge in [0.1, 0.15) is 5.69 Å². The number of nitrogens with zero attached hydrogens (tertiary/aromatic N) is 4. The van der Waals surface area contributed by atoms with E-state index in [0.717, 1.165) is 10.7 Å². The molecular formula is C22H15F6N5O2. The van der Waals surface area contributed by atoms with Gasteiger partial charge in [-0.3, -0.25) is 14.5 Å². The number of pyridine rings is 1. The van der Waals surface area contributed by atoms with Crippen LogP contribution in [0.25, 0.3) is 11.4 Å². The van der Waals surface area contributed by atoms with Crippen molar-refractivity contribution in [2.45, 2.75) is 25.3 Å². The van der Waals surface area contributed by atoms with Gasteiger partial charge in [-0.05, 0) is 36.8 Å². The van der Waals surface area contributed by atoms with Crippen molar-refractivity contribution < 1.29 is 35.7 Å². The first-order valence-electron chi connectivity index (χ1n) is 9.95. The third kappa shape index (κ3) is 5.18. The molecule has 1 amide bonds. The number of benzene rings is 1. The quantitative estimate of drug-likeness (QED) is 0.352. The second kappa shape index (κ2) is 8.89. The summed E-state index contributed by atoms with van der Waals surface area (Å²) in [5.74, 6) is -0.842. The van der Waals surface area contributed by atoms with Gasteiger partial charge in [0.2, 0.25) is 5.76 Å². The van der Waals surface area contributed by atoms with Crippen molar-refractivity contribution in [2.24, 2.45) is 0 Å². The van der Waals surface area contributed by atoms with E-state index in [9.17, 15) is 31.1 Å². The predicted octanol–water partition coefficient (Wildman–Crippen LogP) is 5.83. The Balaban J connectivity index is 1.54. The van der Waals surface area contributed by atoms with Crippen LogP contribution in [0.5, 0.6) is 0 Å². The molecule has 0 fully saturated rings. The van der Waals surface area contributed by atoms with Crippen LogP contribution in [-0.4, -0.2) is 25.8 Å². The van der Waals surface area contributed by atoms with Gasteiger partial charge in [0.25, 0.3) is 5.91 Å². The number of rotatable bonds is 5. The van der Waals surface area contributed by atoms with Crippen molar-refractivity contribution in [3.63, 3.8) is 0 Å². The van der Waals surface area contributed by atoms with E-state index in [2.05, 4.69) is 20.6 Å². The van der Waals surface area contributed by atoms with Crippen LogP contribution in [0.1, 0.15) is 40.2 Å². The molecule has 0 aliphatic heterocycles. The average molecular weight is 495 g/mol. The SMILES string of the molecule is C[C@H](c1ccc(C(F)(F)F)cc1C(F)(F)F)n1cc(NC(=O)c2cc(-c3ccccn3)no2)cn1. The Morgan fingerprint density at radius 1 is 1.03 bits per heavy atom. The van der Waals surface area contributed by atoms with Crippen LogP contribution in [0.15, 0.2) is 65.6 Å². The van der Waals surface area contributed by atoms with Crippen LogP contribution in [0.4, 0.5) is 32.0 Å². The van der Waals surface area contributed by atoms with Gasteiger partial charge >= 0.3 is 12.4 Å². The van der Waals surface area contributed by atoms with Crippen molar-refractivity contribution in [3.05, 3.63) is 83.5 Å². The molecule has 0 spiro atoms. The Bertz CT molecular complexity index is 1340. The van der Waals surface area contributed by atoms with Crippen LogP contribution >= 0.6 is 0 Å². The molecule has 1 aromatic carbocycles. The maximum atomic E-state index is 13.5. The number of carbonyl (C=O) groups is 1. The first-order valence-corrected chi connectivity index (χ1v) is 9.95. The highest BCUT2D eigenvalue weighted by Crippen LogP contribution is 2.39. The molecule has 0 radical (unpaired) electrons.